The Bertz CT molecular complexity index is 561. The summed E-state index contributed by atoms with van der Waals surface area (Å²) < 4.78 is 1.10. The van der Waals surface area contributed by atoms with Gasteiger partial charge < -0.3 is 5.73 Å². The van der Waals surface area contributed by atoms with Crippen LogP contribution in [0, 0.1) is 0 Å². The fraction of sp³-hybridized carbons (Fsp3) is 0.357. The molecule has 0 radical (unpaired) electrons. The highest BCUT2D eigenvalue weighted by molar-refractivity contribution is 9.10. The topological polar surface area (TPSA) is 38.9 Å². The molecule has 1 heterocycles. The molecule has 0 spiro atoms. The number of hydrogen-bond donors (Lipinski definition) is 1. The molecule has 1 aliphatic rings. The van der Waals surface area contributed by atoms with Crippen LogP contribution in [-0.2, 0) is 6.42 Å². The molecule has 0 unspecified atom stereocenters. The summed E-state index contributed by atoms with van der Waals surface area (Å²) in [6, 6.07) is 8.34. The number of hydrogen-bond acceptors (Lipinski definition) is 2. The van der Waals surface area contributed by atoms with E-state index in [0.29, 0.717) is 0 Å². The Morgan fingerprint density at radius 3 is 2.88 bits per heavy atom. The third kappa shape index (κ3) is 2.35. The van der Waals surface area contributed by atoms with Gasteiger partial charge >= 0.3 is 0 Å². The molecule has 1 aliphatic carbocycles. The van der Waals surface area contributed by atoms with E-state index >= 15 is 0 Å². The summed E-state index contributed by atoms with van der Waals surface area (Å²) in [6.45, 7) is 0. The molecular weight excluding hydrogens is 276 g/mol. The summed E-state index contributed by atoms with van der Waals surface area (Å²) in [7, 11) is 0. The Labute approximate surface area is 109 Å². The number of aromatic nitrogens is 1. The monoisotopic (exact) mass is 290 g/mol. The second-order valence-corrected chi connectivity index (χ2v) is 5.91. The third-order valence-electron chi connectivity index (χ3n) is 3.58. The Hall–Kier alpha value is -0.930. The van der Waals surface area contributed by atoms with Crippen molar-refractivity contribution in [1.29, 1.82) is 0 Å². The fourth-order valence-electron chi connectivity index (χ4n) is 2.19. The zero-order valence-corrected chi connectivity index (χ0v) is 11.2. The second kappa shape index (κ2) is 4.07. The summed E-state index contributed by atoms with van der Waals surface area (Å²) in [5.41, 5.74) is 8.69. The Morgan fingerprint density at radius 1 is 1.29 bits per heavy atom. The van der Waals surface area contributed by atoms with Crippen molar-refractivity contribution in [2.24, 2.45) is 5.73 Å². The van der Waals surface area contributed by atoms with Crippen LogP contribution in [0.3, 0.4) is 0 Å². The molecule has 1 aromatic heterocycles. The average Bonchev–Trinajstić information content (AvgIpc) is 3.05. The maximum absolute atomic E-state index is 6.14. The predicted octanol–water partition coefficient (Wildman–Crippen LogP) is 3.42. The van der Waals surface area contributed by atoms with Crippen molar-refractivity contribution in [3.05, 3.63) is 40.5 Å². The van der Waals surface area contributed by atoms with E-state index in [0.717, 1.165) is 22.8 Å². The molecule has 1 saturated carbocycles. The average molecular weight is 291 g/mol. The highest BCUT2D eigenvalue weighted by Crippen LogP contribution is 2.37. The van der Waals surface area contributed by atoms with E-state index in [-0.39, 0.29) is 5.54 Å². The van der Waals surface area contributed by atoms with Gasteiger partial charge in [-0.25, -0.2) is 0 Å². The molecule has 0 amide bonds. The van der Waals surface area contributed by atoms with Crippen LogP contribution in [-0.4, -0.2) is 10.5 Å². The molecule has 0 aliphatic heterocycles. The maximum Gasteiger partial charge on any atom is 0.0705 e. The highest BCUT2D eigenvalue weighted by Gasteiger charge is 2.37. The maximum atomic E-state index is 6.14. The van der Waals surface area contributed by atoms with E-state index in [9.17, 15) is 0 Å². The molecule has 3 heteroatoms. The summed E-state index contributed by atoms with van der Waals surface area (Å²) >= 11 is 3.52. The van der Waals surface area contributed by atoms with Gasteiger partial charge in [0, 0.05) is 21.6 Å². The Balaban J connectivity index is 1.94. The van der Waals surface area contributed by atoms with Gasteiger partial charge in [-0.3, -0.25) is 4.98 Å². The first-order valence-corrected chi connectivity index (χ1v) is 6.78. The number of aryl methyl sites for hydroxylation is 1. The van der Waals surface area contributed by atoms with Crippen molar-refractivity contribution in [3.63, 3.8) is 0 Å². The van der Waals surface area contributed by atoms with Crippen molar-refractivity contribution in [3.8, 4) is 0 Å². The largest absolute Gasteiger partial charge is 0.325 e. The van der Waals surface area contributed by atoms with Gasteiger partial charge in [0.25, 0.3) is 0 Å². The van der Waals surface area contributed by atoms with Crippen LogP contribution >= 0.6 is 15.9 Å². The van der Waals surface area contributed by atoms with E-state index in [2.05, 4.69) is 39.1 Å². The van der Waals surface area contributed by atoms with E-state index in [1.807, 2.05) is 12.3 Å². The van der Waals surface area contributed by atoms with Gasteiger partial charge in [0.05, 0.1) is 5.52 Å². The standard InChI is InChI=1S/C14H15BrN2/c15-11-1-2-13-12(9-11)10(4-8-17-13)3-5-14(16)6-7-14/h1-2,4,8-9H,3,5-7,16H2. The highest BCUT2D eigenvalue weighted by atomic mass is 79.9. The minimum atomic E-state index is 0.127. The Morgan fingerprint density at radius 2 is 2.12 bits per heavy atom. The predicted molar refractivity (Wildman–Crippen MR) is 73.9 cm³/mol. The first-order chi connectivity index (χ1) is 8.16. The molecule has 2 nitrogen and oxygen atoms in total. The summed E-state index contributed by atoms with van der Waals surface area (Å²) in [5, 5.41) is 1.24. The number of fused-ring (bicyclic) bond motifs is 1. The molecule has 2 aromatic rings. The molecule has 0 bridgehead atoms. The molecule has 1 fully saturated rings. The summed E-state index contributed by atoms with van der Waals surface area (Å²) in [5.74, 6) is 0. The first-order valence-electron chi connectivity index (χ1n) is 5.98. The lowest BCUT2D eigenvalue weighted by atomic mass is 10.0. The van der Waals surface area contributed by atoms with Gasteiger partial charge in [-0.2, -0.15) is 0 Å². The van der Waals surface area contributed by atoms with Crippen LogP contribution < -0.4 is 5.73 Å². The van der Waals surface area contributed by atoms with Gasteiger partial charge in [0.2, 0.25) is 0 Å². The third-order valence-corrected chi connectivity index (χ3v) is 4.07. The fourth-order valence-corrected chi connectivity index (χ4v) is 2.55. The summed E-state index contributed by atoms with van der Waals surface area (Å²) in [4.78, 5) is 4.39. The van der Waals surface area contributed by atoms with E-state index < -0.39 is 0 Å². The number of halogens is 1. The molecule has 3 rings (SSSR count). The molecule has 2 N–H and O–H groups in total. The molecule has 0 saturated heterocycles. The second-order valence-electron chi connectivity index (χ2n) is 4.99. The van der Waals surface area contributed by atoms with Crippen molar-refractivity contribution >= 4 is 26.8 Å². The zero-order valence-electron chi connectivity index (χ0n) is 9.62. The summed E-state index contributed by atoms with van der Waals surface area (Å²) in [6.07, 6.45) is 6.38. The lowest BCUT2D eigenvalue weighted by Crippen LogP contribution is -2.22. The van der Waals surface area contributed by atoms with Gasteiger partial charge in [-0.1, -0.05) is 15.9 Å². The van der Waals surface area contributed by atoms with Crippen molar-refractivity contribution in [1.82, 2.24) is 4.98 Å². The van der Waals surface area contributed by atoms with E-state index in [4.69, 9.17) is 5.73 Å². The molecule has 88 valence electrons. The quantitative estimate of drug-likeness (QED) is 0.941. The van der Waals surface area contributed by atoms with Crippen molar-refractivity contribution in [2.45, 2.75) is 31.2 Å². The van der Waals surface area contributed by atoms with Crippen LogP contribution in [0.25, 0.3) is 10.9 Å². The normalized spacial score (nSPS) is 17.3. The van der Waals surface area contributed by atoms with Crippen molar-refractivity contribution < 1.29 is 0 Å². The molecule has 1 aromatic carbocycles. The van der Waals surface area contributed by atoms with Gasteiger partial charge in [-0.15, -0.1) is 0 Å². The van der Waals surface area contributed by atoms with Crippen LogP contribution in [0.4, 0.5) is 0 Å². The number of rotatable bonds is 3. The minimum absolute atomic E-state index is 0.127. The van der Waals surface area contributed by atoms with Gasteiger partial charge in [0.15, 0.2) is 0 Å². The lowest BCUT2D eigenvalue weighted by molar-refractivity contribution is 0.610. The smallest absolute Gasteiger partial charge is 0.0705 e. The number of nitrogens with zero attached hydrogens (tertiary/aromatic N) is 1. The van der Waals surface area contributed by atoms with E-state index in [1.165, 1.54) is 23.8 Å². The van der Waals surface area contributed by atoms with E-state index in [1.54, 1.807) is 0 Å². The van der Waals surface area contributed by atoms with Gasteiger partial charge in [-0.05, 0) is 55.5 Å². The van der Waals surface area contributed by atoms with Crippen LogP contribution in [0.1, 0.15) is 24.8 Å². The number of nitrogens with two attached hydrogens (primary N) is 1. The van der Waals surface area contributed by atoms with Crippen LogP contribution in [0.2, 0.25) is 0 Å². The van der Waals surface area contributed by atoms with Gasteiger partial charge in [0.1, 0.15) is 0 Å². The number of benzene rings is 1. The number of pyridine rings is 1. The van der Waals surface area contributed by atoms with Crippen molar-refractivity contribution in [2.75, 3.05) is 0 Å². The molecule has 17 heavy (non-hydrogen) atoms. The Kier molecular flexibility index (Phi) is 2.68. The molecule has 0 atom stereocenters. The molecular formula is C14H15BrN2. The zero-order chi connectivity index (χ0) is 11.9. The first kappa shape index (κ1) is 11.2. The lowest BCUT2D eigenvalue weighted by Gasteiger charge is -2.10. The van der Waals surface area contributed by atoms with Crippen LogP contribution in [0.15, 0.2) is 34.9 Å². The SMILES string of the molecule is NC1(CCc2ccnc3ccc(Br)cc23)CC1. The minimum Gasteiger partial charge on any atom is -0.325 e. The van der Waals surface area contributed by atoms with Crippen LogP contribution in [0.5, 0.6) is 0 Å².